The summed E-state index contributed by atoms with van der Waals surface area (Å²) < 4.78 is 0. The molecule has 3 aromatic rings. The summed E-state index contributed by atoms with van der Waals surface area (Å²) in [5.74, 6) is 0. The molecule has 0 aliphatic carbocycles. The highest BCUT2D eigenvalue weighted by Crippen LogP contribution is 2.28. The van der Waals surface area contributed by atoms with Crippen molar-refractivity contribution in [1.29, 1.82) is 0 Å². The molecule has 28 heavy (non-hydrogen) atoms. The zero-order valence-electron chi connectivity index (χ0n) is 16.4. The summed E-state index contributed by atoms with van der Waals surface area (Å²) in [6.45, 7) is 2.77. The van der Waals surface area contributed by atoms with Crippen molar-refractivity contribution < 1.29 is 0 Å². The van der Waals surface area contributed by atoms with Gasteiger partial charge in [-0.25, -0.2) is 0 Å². The van der Waals surface area contributed by atoms with Crippen molar-refractivity contribution in [2.24, 2.45) is 5.73 Å². The normalized spacial score (nSPS) is 11.7. The van der Waals surface area contributed by atoms with Gasteiger partial charge < -0.3 is 11.1 Å². The van der Waals surface area contributed by atoms with Crippen LogP contribution in [-0.2, 0) is 6.54 Å². The number of hydrogen-bond acceptors (Lipinski definition) is 2. The number of nitrogens with two attached hydrogens (primary N) is 1. The molecule has 0 saturated heterocycles. The van der Waals surface area contributed by atoms with Gasteiger partial charge in [0.25, 0.3) is 0 Å². The second-order valence-electron chi connectivity index (χ2n) is 6.74. The minimum atomic E-state index is 0.565. The van der Waals surface area contributed by atoms with Gasteiger partial charge in [0, 0.05) is 24.0 Å². The molecule has 0 spiro atoms. The van der Waals surface area contributed by atoms with Crippen LogP contribution in [0.2, 0.25) is 0 Å². The first-order valence-electron chi connectivity index (χ1n) is 9.89. The highest BCUT2D eigenvalue weighted by molar-refractivity contribution is 5.79. The number of hydrogen-bond donors (Lipinski definition) is 2. The van der Waals surface area contributed by atoms with Crippen molar-refractivity contribution in [1.82, 2.24) is 0 Å². The Morgan fingerprint density at radius 3 is 2.32 bits per heavy atom. The second-order valence-corrected chi connectivity index (χ2v) is 6.74. The van der Waals surface area contributed by atoms with Gasteiger partial charge in [-0.15, -0.1) is 0 Å². The van der Waals surface area contributed by atoms with E-state index in [9.17, 15) is 0 Å². The molecule has 0 atom stereocenters. The maximum absolute atomic E-state index is 5.72. The van der Waals surface area contributed by atoms with E-state index in [1.54, 1.807) is 0 Å². The fourth-order valence-electron chi connectivity index (χ4n) is 3.11. The van der Waals surface area contributed by atoms with Crippen molar-refractivity contribution in [2.45, 2.75) is 26.3 Å². The van der Waals surface area contributed by atoms with E-state index in [0.717, 1.165) is 24.1 Å². The molecule has 3 rings (SSSR count). The van der Waals surface area contributed by atoms with Crippen molar-refractivity contribution >= 4 is 11.3 Å². The van der Waals surface area contributed by atoms with E-state index in [0.29, 0.717) is 6.54 Å². The highest BCUT2D eigenvalue weighted by atomic mass is 14.8. The first kappa shape index (κ1) is 19.7. The Balaban J connectivity index is 1.81. The zero-order valence-corrected chi connectivity index (χ0v) is 16.4. The van der Waals surface area contributed by atoms with Crippen LogP contribution < -0.4 is 11.1 Å². The molecule has 0 aromatic heterocycles. The monoisotopic (exact) mass is 368 g/mol. The maximum Gasteiger partial charge on any atom is 0.0459 e. The van der Waals surface area contributed by atoms with Crippen LogP contribution in [0.3, 0.4) is 0 Å². The van der Waals surface area contributed by atoms with E-state index in [1.165, 1.54) is 22.3 Å². The smallest absolute Gasteiger partial charge is 0.0459 e. The lowest BCUT2D eigenvalue weighted by atomic mass is 10.0. The predicted octanol–water partition coefficient (Wildman–Crippen LogP) is 6.62. The zero-order chi connectivity index (χ0) is 19.6. The van der Waals surface area contributed by atoms with Crippen molar-refractivity contribution in [3.8, 4) is 11.1 Å². The molecule has 0 saturated carbocycles. The maximum atomic E-state index is 5.72. The van der Waals surface area contributed by atoms with Gasteiger partial charge in [0.15, 0.2) is 0 Å². The largest absolute Gasteiger partial charge is 0.361 e. The molecular formula is C26H28N2. The third kappa shape index (κ3) is 5.21. The number of rotatable bonds is 8. The van der Waals surface area contributed by atoms with E-state index >= 15 is 0 Å². The Morgan fingerprint density at radius 1 is 0.893 bits per heavy atom. The van der Waals surface area contributed by atoms with E-state index in [1.807, 2.05) is 6.20 Å². The molecule has 2 nitrogen and oxygen atoms in total. The first-order valence-corrected chi connectivity index (χ1v) is 9.89. The summed E-state index contributed by atoms with van der Waals surface area (Å²) in [7, 11) is 0. The molecule has 0 unspecified atom stereocenters. The van der Waals surface area contributed by atoms with Gasteiger partial charge in [-0.2, -0.15) is 0 Å². The van der Waals surface area contributed by atoms with E-state index in [4.69, 9.17) is 5.73 Å². The molecule has 3 N–H and O–H groups in total. The quantitative estimate of drug-likeness (QED) is 0.438. The molecule has 0 bridgehead atoms. The van der Waals surface area contributed by atoms with Crippen LogP contribution in [0, 0.1) is 0 Å². The van der Waals surface area contributed by atoms with Gasteiger partial charge in [0.1, 0.15) is 0 Å². The minimum absolute atomic E-state index is 0.565. The van der Waals surface area contributed by atoms with Gasteiger partial charge in [0.2, 0.25) is 0 Å². The Bertz CT molecular complexity index is 922. The standard InChI is InChI=1S/C26H28N2/c1-2-3-9-23(22-10-5-4-6-11-22)18-19-28-26-13-8-7-12-25(26)24-16-14-21(20-27)15-17-24/h4-19,28H,2-3,20,27H2,1H3/b19-18+,23-9+. The van der Waals surface area contributed by atoms with Gasteiger partial charge in [-0.1, -0.05) is 92.2 Å². The first-order chi connectivity index (χ1) is 13.8. The average molecular weight is 369 g/mol. The van der Waals surface area contributed by atoms with Crippen LogP contribution in [0.25, 0.3) is 16.7 Å². The third-order valence-corrected chi connectivity index (χ3v) is 4.69. The molecular weight excluding hydrogens is 340 g/mol. The second kappa shape index (κ2) is 10.3. The fourth-order valence-corrected chi connectivity index (χ4v) is 3.11. The molecule has 3 aromatic carbocycles. The lowest BCUT2D eigenvalue weighted by molar-refractivity contribution is 0.960. The number of anilines is 1. The van der Waals surface area contributed by atoms with E-state index in [-0.39, 0.29) is 0 Å². The lowest BCUT2D eigenvalue weighted by Gasteiger charge is -2.10. The van der Waals surface area contributed by atoms with Crippen LogP contribution in [0.5, 0.6) is 0 Å². The number of allylic oxidation sites excluding steroid dienone is 3. The molecule has 2 heteroatoms. The lowest BCUT2D eigenvalue weighted by Crippen LogP contribution is -1.96. The van der Waals surface area contributed by atoms with Crippen LogP contribution in [0.4, 0.5) is 5.69 Å². The number of unbranched alkanes of at least 4 members (excludes halogenated alkanes) is 1. The Kier molecular flexibility index (Phi) is 7.22. The van der Waals surface area contributed by atoms with Crippen molar-refractivity contribution in [3.05, 3.63) is 108 Å². The number of benzene rings is 3. The van der Waals surface area contributed by atoms with Crippen LogP contribution >= 0.6 is 0 Å². The molecule has 142 valence electrons. The Labute approximate surface area is 168 Å². The summed E-state index contributed by atoms with van der Waals surface area (Å²) >= 11 is 0. The molecule has 0 heterocycles. The summed E-state index contributed by atoms with van der Waals surface area (Å²) in [5.41, 5.74) is 12.8. The van der Waals surface area contributed by atoms with Gasteiger partial charge in [0.05, 0.1) is 0 Å². The number of nitrogens with one attached hydrogen (secondary N) is 1. The topological polar surface area (TPSA) is 38.0 Å². The molecule has 0 amide bonds. The van der Waals surface area contributed by atoms with Crippen LogP contribution in [-0.4, -0.2) is 0 Å². The van der Waals surface area contributed by atoms with Gasteiger partial charge in [-0.05, 0) is 40.8 Å². The minimum Gasteiger partial charge on any atom is -0.361 e. The molecule has 0 fully saturated rings. The van der Waals surface area contributed by atoms with Gasteiger partial charge >= 0.3 is 0 Å². The fraction of sp³-hybridized carbons (Fsp3) is 0.154. The highest BCUT2D eigenvalue weighted by Gasteiger charge is 2.03. The number of para-hydroxylation sites is 1. The summed E-state index contributed by atoms with van der Waals surface area (Å²) in [5, 5.41) is 3.47. The van der Waals surface area contributed by atoms with Crippen molar-refractivity contribution in [2.75, 3.05) is 5.32 Å². The molecule has 0 aliphatic rings. The Hall–Kier alpha value is -3.10. The van der Waals surface area contributed by atoms with Crippen LogP contribution in [0.15, 0.2) is 97.2 Å². The van der Waals surface area contributed by atoms with Gasteiger partial charge in [-0.3, -0.25) is 0 Å². The van der Waals surface area contributed by atoms with E-state index in [2.05, 4.69) is 103 Å². The summed E-state index contributed by atoms with van der Waals surface area (Å²) in [4.78, 5) is 0. The van der Waals surface area contributed by atoms with Crippen molar-refractivity contribution in [3.63, 3.8) is 0 Å². The van der Waals surface area contributed by atoms with E-state index < -0.39 is 0 Å². The predicted molar refractivity (Wildman–Crippen MR) is 122 cm³/mol. The molecule has 0 radical (unpaired) electrons. The summed E-state index contributed by atoms with van der Waals surface area (Å²) in [6, 6.07) is 27.3. The Morgan fingerprint density at radius 2 is 1.61 bits per heavy atom. The summed E-state index contributed by atoms with van der Waals surface area (Å²) in [6.07, 6.45) is 8.68. The third-order valence-electron chi connectivity index (χ3n) is 4.69. The average Bonchev–Trinajstić information content (AvgIpc) is 2.77. The van der Waals surface area contributed by atoms with Crippen LogP contribution in [0.1, 0.15) is 30.9 Å². The molecule has 0 aliphatic heterocycles. The SMILES string of the molecule is CCC/C=C(\C=C\Nc1ccccc1-c1ccc(CN)cc1)c1ccccc1.